The number of likely N-dealkylation sites (tertiary alicyclic amines) is 1. The van der Waals surface area contributed by atoms with E-state index in [9.17, 15) is 9.59 Å². The van der Waals surface area contributed by atoms with Crippen molar-refractivity contribution in [1.29, 1.82) is 0 Å². The highest BCUT2D eigenvalue weighted by atomic mass is 35.5. The second-order valence-corrected chi connectivity index (χ2v) is 7.09. The molecule has 7 heteroatoms. The van der Waals surface area contributed by atoms with Crippen LogP contribution in [-0.4, -0.2) is 39.2 Å². The molecule has 1 aliphatic rings. The first-order chi connectivity index (χ1) is 13.0. The summed E-state index contributed by atoms with van der Waals surface area (Å²) in [6.45, 7) is 3.33. The first kappa shape index (κ1) is 17.5. The lowest BCUT2D eigenvalue weighted by molar-refractivity contribution is 0.0780. The van der Waals surface area contributed by atoms with Gasteiger partial charge in [0.05, 0.1) is 5.52 Å². The lowest BCUT2D eigenvalue weighted by atomic mass is 10.2. The van der Waals surface area contributed by atoms with Crippen molar-refractivity contribution in [2.24, 2.45) is 0 Å². The average Bonchev–Trinajstić information content (AvgIpc) is 3.31. The smallest absolute Gasteiger partial charge is 0.290 e. The number of benzene rings is 1. The zero-order valence-electron chi connectivity index (χ0n) is 14.9. The Morgan fingerprint density at radius 1 is 1.15 bits per heavy atom. The summed E-state index contributed by atoms with van der Waals surface area (Å²) in [6.07, 6.45) is 3.76. The molecule has 0 spiro atoms. The predicted molar refractivity (Wildman–Crippen MR) is 104 cm³/mol. The molecule has 0 bridgehead atoms. The Balaban J connectivity index is 1.71. The Morgan fingerprint density at radius 3 is 2.67 bits per heavy atom. The molecule has 2 amide bonds. The van der Waals surface area contributed by atoms with E-state index < -0.39 is 0 Å². The second-order valence-electron chi connectivity index (χ2n) is 6.65. The second kappa shape index (κ2) is 7.04. The number of nitrogens with zero attached hydrogens (tertiary/aromatic N) is 3. The number of anilines is 1. The molecule has 27 heavy (non-hydrogen) atoms. The normalized spacial score (nSPS) is 13.9. The zero-order valence-corrected chi connectivity index (χ0v) is 15.7. The van der Waals surface area contributed by atoms with E-state index in [1.165, 1.54) is 0 Å². The first-order valence-corrected chi connectivity index (χ1v) is 9.26. The monoisotopic (exact) mass is 382 g/mol. The lowest BCUT2D eigenvalue weighted by Gasteiger charge is -2.13. The summed E-state index contributed by atoms with van der Waals surface area (Å²) in [6, 6.07) is 10.7. The summed E-state index contributed by atoms with van der Waals surface area (Å²) in [5, 5.41) is 3.48. The van der Waals surface area contributed by atoms with Crippen molar-refractivity contribution < 1.29 is 9.59 Å². The number of carbonyl (C=O) groups excluding carboxylic acids is 2. The maximum absolute atomic E-state index is 12.9. The number of hydrogen-bond donors (Lipinski definition) is 1. The van der Waals surface area contributed by atoms with Gasteiger partial charge in [-0.3, -0.25) is 14.0 Å². The predicted octanol–water partition coefficient (Wildman–Crippen LogP) is 3.78. The Hall–Kier alpha value is -2.86. The van der Waals surface area contributed by atoms with Crippen molar-refractivity contribution in [2.45, 2.75) is 19.8 Å². The molecule has 1 aliphatic heterocycles. The third kappa shape index (κ3) is 3.28. The maximum atomic E-state index is 12.9. The molecule has 0 atom stereocenters. The average molecular weight is 383 g/mol. The fraction of sp³-hybridized carbons (Fsp3) is 0.250. The molecule has 1 fully saturated rings. The molecule has 1 saturated heterocycles. The number of amides is 2. The van der Waals surface area contributed by atoms with Gasteiger partial charge in [-0.25, -0.2) is 4.98 Å². The van der Waals surface area contributed by atoms with E-state index in [1.54, 1.807) is 39.8 Å². The van der Waals surface area contributed by atoms with Crippen LogP contribution in [0.1, 0.15) is 39.5 Å². The van der Waals surface area contributed by atoms with Crippen LogP contribution < -0.4 is 5.32 Å². The molecule has 2 aromatic heterocycles. The van der Waals surface area contributed by atoms with Crippen LogP contribution in [0, 0.1) is 6.92 Å². The van der Waals surface area contributed by atoms with Gasteiger partial charge in [0.15, 0.2) is 5.69 Å². The summed E-state index contributed by atoms with van der Waals surface area (Å²) in [4.78, 5) is 31.9. The van der Waals surface area contributed by atoms with Gasteiger partial charge in [0.25, 0.3) is 11.8 Å². The molecule has 6 nitrogen and oxygen atoms in total. The van der Waals surface area contributed by atoms with Crippen molar-refractivity contribution in [3.05, 3.63) is 64.7 Å². The van der Waals surface area contributed by atoms with Crippen LogP contribution >= 0.6 is 11.6 Å². The fourth-order valence-corrected chi connectivity index (χ4v) is 3.59. The Morgan fingerprint density at radius 2 is 1.93 bits per heavy atom. The van der Waals surface area contributed by atoms with Gasteiger partial charge in [0.2, 0.25) is 5.82 Å². The van der Waals surface area contributed by atoms with Crippen molar-refractivity contribution in [2.75, 3.05) is 18.4 Å². The van der Waals surface area contributed by atoms with Gasteiger partial charge in [-0.05, 0) is 55.7 Å². The number of carbonyl (C=O) groups is 2. The van der Waals surface area contributed by atoms with Gasteiger partial charge in [0.1, 0.15) is 0 Å². The van der Waals surface area contributed by atoms with Crippen molar-refractivity contribution in [3.63, 3.8) is 0 Å². The largest absolute Gasteiger partial charge is 0.336 e. The number of aryl methyl sites for hydroxylation is 1. The maximum Gasteiger partial charge on any atom is 0.290 e. The van der Waals surface area contributed by atoms with E-state index in [0.29, 0.717) is 16.2 Å². The fourth-order valence-electron chi connectivity index (χ4n) is 3.37. The van der Waals surface area contributed by atoms with E-state index in [4.69, 9.17) is 11.6 Å². The van der Waals surface area contributed by atoms with Gasteiger partial charge < -0.3 is 10.2 Å². The van der Waals surface area contributed by atoms with Crippen molar-refractivity contribution in [3.8, 4) is 0 Å². The van der Waals surface area contributed by atoms with Gasteiger partial charge >= 0.3 is 0 Å². The molecule has 3 heterocycles. The highest BCUT2D eigenvalue weighted by Crippen LogP contribution is 2.22. The van der Waals surface area contributed by atoms with E-state index in [2.05, 4.69) is 10.3 Å². The van der Waals surface area contributed by atoms with Crippen molar-refractivity contribution in [1.82, 2.24) is 14.3 Å². The van der Waals surface area contributed by atoms with Crippen LogP contribution in [0.15, 0.2) is 42.6 Å². The van der Waals surface area contributed by atoms with E-state index in [1.807, 2.05) is 19.1 Å². The molecular weight excluding hydrogens is 364 g/mol. The molecule has 3 aromatic rings. The Bertz CT molecular complexity index is 1040. The molecule has 0 saturated carbocycles. The number of hydrogen-bond acceptors (Lipinski definition) is 3. The van der Waals surface area contributed by atoms with Crippen LogP contribution in [0.4, 0.5) is 5.69 Å². The Kier molecular flexibility index (Phi) is 4.58. The standard InChI is InChI=1S/C20H19ClN4O2/c1-13-12-14(21)7-8-15(13)22-19(26)17-16-6-2-3-11-25(16)18(23-17)20(27)24-9-4-5-10-24/h2-3,6-8,11-12H,4-5,9-10H2,1H3,(H,22,26). The molecule has 1 N–H and O–H groups in total. The number of nitrogens with one attached hydrogen (secondary N) is 1. The zero-order chi connectivity index (χ0) is 19.0. The molecule has 1 aromatic carbocycles. The minimum absolute atomic E-state index is 0.143. The van der Waals surface area contributed by atoms with Gasteiger partial charge in [0, 0.05) is 30.0 Å². The SMILES string of the molecule is Cc1cc(Cl)ccc1NC(=O)c1nc(C(=O)N2CCCC2)n2ccccc12. The number of pyridine rings is 1. The third-order valence-corrected chi connectivity index (χ3v) is 5.02. The number of rotatable bonds is 3. The van der Waals surface area contributed by atoms with Gasteiger partial charge in [-0.2, -0.15) is 0 Å². The molecule has 0 radical (unpaired) electrons. The van der Waals surface area contributed by atoms with E-state index >= 15 is 0 Å². The third-order valence-electron chi connectivity index (χ3n) is 4.78. The molecule has 4 rings (SSSR count). The molecule has 0 aliphatic carbocycles. The number of fused-ring (bicyclic) bond motifs is 1. The van der Waals surface area contributed by atoms with Crippen LogP contribution in [0.5, 0.6) is 0 Å². The lowest BCUT2D eigenvalue weighted by Crippen LogP contribution is -2.29. The summed E-state index contributed by atoms with van der Waals surface area (Å²) in [7, 11) is 0. The minimum atomic E-state index is -0.357. The summed E-state index contributed by atoms with van der Waals surface area (Å²) < 4.78 is 1.68. The number of imidazole rings is 1. The topological polar surface area (TPSA) is 66.7 Å². The number of halogens is 1. The van der Waals surface area contributed by atoms with Gasteiger partial charge in [-0.15, -0.1) is 0 Å². The highest BCUT2D eigenvalue weighted by Gasteiger charge is 2.26. The van der Waals surface area contributed by atoms with Crippen LogP contribution in [0.25, 0.3) is 5.52 Å². The molecular formula is C20H19ClN4O2. The van der Waals surface area contributed by atoms with Crippen LogP contribution in [-0.2, 0) is 0 Å². The quantitative estimate of drug-likeness (QED) is 0.749. The molecule has 138 valence electrons. The summed E-state index contributed by atoms with van der Waals surface area (Å²) in [5.74, 6) is -0.231. The van der Waals surface area contributed by atoms with Crippen LogP contribution in [0.3, 0.4) is 0 Å². The van der Waals surface area contributed by atoms with Crippen molar-refractivity contribution >= 4 is 34.6 Å². The highest BCUT2D eigenvalue weighted by molar-refractivity contribution is 6.30. The minimum Gasteiger partial charge on any atom is -0.336 e. The van der Waals surface area contributed by atoms with E-state index in [0.717, 1.165) is 31.5 Å². The van der Waals surface area contributed by atoms with E-state index in [-0.39, 0.29) is 23.3 Å². The van der Waals surface area contributed by atoms with Gasteiger partial charge in [-0.1, -0.05) is 17.7 Å². The van der Waals surface area contributed by atoms with Crippen LogP contribution in [0.2, 0.25) is 5.02 Å². The Labute approximate surface area is 161 Å². The first-order valence-electron chi connectivity index (χ1n) is 8.88. The number of aromatic nitrogens is 2. The summed E-state index contributed by atoms with van der Waals surface area (Å²) in [5.41, 5.74) is 2.35. The summed E-state index contributed by atoms with van der Waals surface area (Å²) >= 11 is 5.98. The molecule has 0 unspecified atom stereocenters.